The molecular weight excluding hydrogens is 312 g/mol. The fourth-order valence-corrected chi connectivity index (χ4v) is 2.46. The molecule has 1 heterocycles. The van der Waals surface area contributed by atoms with Gasteiger partial charge in [0, 0.05) is 12.5 Å². The van der Waals surface area contributed by atoms with E-state index in [4.69, 9.17) is 4.74 Å². The third-order valence-corrected chi connectivity index (χ3v) is 3.77. The molecule has 1 aromatic carbocycles. The van der Waals surface area contributed by atoms with E-state index in [9.17, 15) is 25.2 Å². The number of cyclic esters (lactones) is 1. The standard InChI is InChI=1S/C18H22O6/c1-11-5-4-8-15(21)14(20)7-3-2-6-12-9-13(19)10-16(22)17(12)18(23)24-11/h2,4,6,8-11,14-15,19-22H,3,5,7H2,1H3/b6-2+,8-4-/t11-,14-,15+/m1/s1. The topological polar surface area (TPSA) is 107 Å². The van der Waals surface area contributed by atoms with Gasteiger partial charge in [-0.2, -0.15) is 0 Å². The minimum Gasteiger partial charge on any atom is -0.508 e. The number of aromatic hydroxyl groups is 2. The van der Waals surface area contributed by atoms with Crippen LogP contribution in [0.1, 0.15) is 42.1 Å². The Kier molecular flexibility index (Phi) is 6.00. The Balaban J connectivity index is 2.36. The molecule has 0 saturated carbocycles. The number of aliphatic hydroxyl groups excluding tert-OH is 2. The highest BCUT2D eigenvalue weighted by molar-refractivity contribution is 5.97. The number of allylic oxidation sites excluding steroid dienone is 1. The molecular formula is C18H22O6. The number of carbonyl (C=O) groups excluding carboxylic acids is 1. The molecule has 6 nitrogen and oxygen atoms in total. The van der Waals surface area contributed by atoms with Crippen LogP contribution in [0.25, 0.3) is 6.08 Å². The lowest BCUT2D eigenvalue weighted by Crippen LogP contribution is -2.23. The van der Waals surface area contributed by atoms with Crippen molar-refractivity contribution in [2.75, 3.05) is 0 Å². The number of phenols is 2. The van der Waals surface area contributed by atoms with Crippen LogP contribution in [0.15, 0.2) is 30.4 Å². The maximum absolute atomic E-state index is 12.3. The first-order valence-electron chi connectivity index (χ1n) is 7.84. The largest absolute Gasteiger partial charge is 0.508 e. The zero-order valence-electron chi connectivity index (χ0n) is 13.4. The van der Waals surface area contributed by atoms with Gasteiger partial charge in [-0.1, -0.05) is 24.3 Å². The Bertz CT molecular complexity index is 649. The Hall–Kier alpha value is -2.31. The van der Waals surface area contributed by atoms with Gasteiger partial charge in [0.15, 0.2) is 0 Å². The molecule has 0 bridgehead atoms. The van der Waals surface area contributed by atoms with Gasteiger partial charge in [-0.3, -0.25) is 0 Å². The second-order valence-electron chi connectivity index (χ2n) is 5.85. The number of carbonyl (C=O) groups is 1. The fourth-order valence-electron chi connectivity index (χ4n) is 2.46. The number of esters is 1. The summed E-state index contributed by atoms with van der Waals surface area (Å²) in [5, 5.41) is 39.3. The van der Waals surface area contributed by atoms with Crippen LogP contribution in [0.3, 0.4) is 0 Å². The van der Waals surface area contributed by atoms with Gasteiger partial charge in [0.2, 0.25) is 0 Å². The fraction of sp³-hybridized carbons (Fsp3) is 0.389. The van der Waals surface area contributed by atoms with Crippen LogP contribution >= 0.6 is 0 Å². The van der Waals surface area contributed by atoms with Crippen molar-refractivity contribution in [3.63, 3.8) is 0 Å². The predicted molar refractivity (Wildman–Crippen MR) is 88.7 cm³/mol. The molecule has 0 aliphatic carbocycles. The second kappa shape index (κ2) is 7.99. The van der Waals surface area contributed by atoms with E-state index in [0.29, 0.717) is 24.8 Å². The molecule has 0 spiro atoms. The first kappa shape index (κ1) is 18.0. The molecule has 4 N–H and O–H groups in total. The zero-order chi connectivity index (χ0) is 17.7. The third kappa shape index (κ3) is 4.59. The summed E-state index contributed by atoms with van der Waals surface area (Å²) in [5.74, 6) is -1.22. The Morgan fingerprint density at radius 3 is 2.67 bits per heavy atom. The number of hydrogen-bond acceptors (Lipinski definition) is 6. The van der Waals surface area contributed by atoms with E-state index in [1.54, 1.807) is 25.2 Å². The lowest BCUT2D eigenvalue weighted by atomic mass is 10.0. The molecule has 1 aromatic rings. The summed E-state index contributed by atoms with van der Waals surface area (Å²) in [4.78, 5) is 12.3. The molecule has 3 atom stereocenters. The van der Waals surface area contributed by atoms with E-state index in [2.05, 4.69) is 0 Å². The van der Waals surface area contributed by atoms with Crippen LogP contribution in [0.2, 0.25) is 0 Å². The maximum atomic E-state index is 12.3. The summed E-state index contributed by atoms with van der Waals surface area (Å²) in [5.41, 5.74) is 0.310. The molecule has 0 saturated heterocycles. The summed E-state index contributed by atoms with van der Waals surface area (Å²) in [6, 6.07) is 2.44. The number of rotatable bonds is 0. The second-order valence-corrected chi connectivity index (χ2v) is 5.85. The lowest BCUT2D eigenvalue weighted by molar-refractivity contribution is 0.0337. The number of phenolic OH excluding ortho intramolecular Hbond substituents is 2. The SMILES string of the molecule is C[C@@H]1C/C=C\[C@H](O)[C@H](O)CC/C=C/c2cc(O)cc(O)c2C(=O)O1. The predicted octanol–water partition coefficient (Wildman–Crippen LogP) is 2.12. The molecule has 0 unspecified atom stereocenters. The zero-order valence-corrected chi connectivity index (χ0v) is 13.4. The number of hydrogen-bond donors (Lipinski definition) is 4. The molecule has 1 aliphatic rings. The van der Waals surface area contributed by atoms with E-state index in [1.807, 2.05) is 0 Å². The summed E-state index contributed by atoms with van der Waals surface area (Å²) < 4.78 is 5.29. The van der Waals surface area contributed by atoms with E-state index >= 15 is 0 Å². The van der Waals surface area contributed by atoms with E-state index in [1.165, 1.54) is 12.1 Å². The van der Waals surface area contributed by atoms with Crippen LogP contribution in [-0.2, 0) is 4.74 Å². The van der Waals surface area contributed by atoms with Gasteiger partial charge in [-0.25, -0.2) is 4.79 Å². The van der Waals surface area contributed by atoms with E-state index < -0.39 is 24.3 Å². The molecule has 24 heavy (non-hydrogen) atoms. The van der Waals surface area contributed by atoms with E-state index in [0.717, 1.165) is 6.07 Å². The van der Waals surface area contributed by atoms with Crippen LogP contribution in [0.5, 0.6) is 11.5 Å². The summed E-state index contributed by atoms with van der Waals surface area (Å²) in [6.45, 7) is 1.68. The monoisotopic (exact) mass is 334 g/mol. The maximum Gasteiger partial charge on any atom is 0.342 e. The molecule has 0 aromatic heterocycles. The van der Waals surface area contributed by atoms with Crippen molar-refractivity contribution >= 4 is 12.0 Å². The summed E-state index contributed by atoms with van der Waals surface area (Å²) >= 11 is 0. The molecule has 0 amide bonds. The summed E-state index contributed by atoms with van der Waals surface area (Å²) in [7, 11) is 0. The molecule has 0 fully saturated rings. The van der Waals surface area contributed by atoms with Crippen molar-refractivity contribution in [3.8, 4) is 11.5 Å². The lowest BCUT2D eigenvalue weighted by Gasteiger charge is -2.16. The van der Waals surface area contributed by atoms with Crippen molar-refractivity contribution in [1.82, 2.24) is 0 Å². The smallest absolute Gasteiger partial charge is 0.342 e. The first-order chi connectivity index (χ1) is 11.4. The van der Waals surface area contributed by atoms with Gasteiger partial charge in [-0.05, 0) is 31.4 Å². The van der Waals surface area contributed by atoms with Crippen LogP contribution in [0.4, 0.5) is 0 Å². The molecule has 130 valence electrons. The Labute approximate surface area is 140 Å². The van der Waals surface area contributed by atoms with Crippen LogP contribution < -0.4 is 0 Å². The highest BCUT2D eigenvalue weighted by Gasteiger charge is 2.20. The number of aliphatic hydroxyl groups is 2. The van der Waals surface area contributed by atoms with Gasteiger partial charge < -0.3 is 25.2 Å². The summed E-state index contributed by atoms with van der Waals surface area (Å²) in [6.07, 6.45) is 5.18. The molecule has 0 radical (unpaired) electrons. The van der Waals surface area contributed by atoms with Crippen LogP contribution in [0, 0.1) is 0 Å². The van der Waals surface area contributed by atoms with Crippen molar-refractivity contribution in [3.05, 3.63) is 41.5 Å². The molecule has 2 rings (SSSR count). The van der Waals surface area contributed by atoms with Gasteiger partial charge >= 0.3 is 5.97 Å². The average Bonchev–Trinajstić information content (AvgIpc) is 2.49. The van der Waals surface area contributed by atoms with Crippen LogP contribution in [-0.4, -0.2) is 44.7 Å². The molecule has 1 aliphatic heterocycles. The first-order valence-corrected chi connectivity index (χ1v) is 7.84. The minimum absolute atomic E-state index is 0.0162. The normalized spacial score (nSPS) is 28.3. The van der Waals surface area contributed by atoms with Gasteiger partial charge in [0.1, 0.15) is 23.2 Å². The number of fused-ring (bicyclic) bond motifs is 1. The molecule has 6 heteroatoms. The van der Waals surface area contributed by atoms with Crippen molar-refractivity contribution < 1.29 is 30.0 Å². The highest BCUT2D eigenvalue weighted by atomic mass is 16.5. The highest BCUT2D eigenvalue weighted by Crippen LogP contribution is 2.29. The van der Waals surface area contributed by atoms with Gasteiger partial charge in [-0.15, -0.1) is 0 Å². The van der Waals surface area contributed by atoms with Crippen molar-refractivity contribution in [1.29, 1.82) is 0 Å². The Morgan fingerprint density at radius 1 is 1.17 bits per heavy atom. The average molecular weight is 334 g/mol. The minimum atomic E-state index is -0.982. The number of ether oxygens (including phenoxy) is 1. The Morgan fingerprint density at radius 2 is 1.92 bits per heavy atom. The van der Waals surface area contributed by atoms with E-state index in [-0.39, 0.29) is 17.1 Å². The van der Waals surface area contributed by atoms with Gasteiger partial charge in [0.05, 0.1) is 12.2 Å². The van der Waals surface area contributed by atoms with Crippen molar-refractivity contribution in [2.24, 2.45) is 0 Å². The quantitative estimate of drug-likeness (QED) is 0.428. The number of benzene rings is 1. The van der Waals surface area contributed by atoms with Gasteiger partial charge in [0.25, 0.3) is 0 Å². The third-order valence-electron chi connectivity index (χ3n) is 3.77. The van der Waals surface area contributed by atoms with Crippen molar-refractivity contribution in [2.45, 2.75) is 44.5 Å².